The zero-order chi connectivity index (χ0) is 30.5. The second-order valence-corrected chi connectivity index (χ2v) is 13.2. The summed E-state index contributed by atoms with van der Waals surface area (Å²) in [4.78, 5) is 32.2. The fourth-order valence-corrected chi connectivity index (χ4v) is 7.24. The van der Waals surface area contributed by atoms with Gasteiger partial charge in [-0.05, 0) is 78.4 Å². The van der Waals surface area contributed by atoms with Crippen LogP contribution in [0.5, 0.6) is 0 Å². The minimum absolute atomic E-state index is 0.0385. The standard InChI is InChI=1S/C31H29F2N5O4S/c1-38-16-19-13-20(5-10-27(19)43(41,42)22-6-7-22)36-28(39)11-3-17-12-18(2-9-25(17)32)29(31(38)40)37-21-4-8-23-24(14-21)26(33)15-35-30(23)34/h2,4-5,8-10,12-15,22,29,37H,3,6-7,11,16H2,1H3,(H2,34,35)(H,36,39)/t29-/m1/s1. The zero-order valence-corrected chi connectivity index (χ0v) is 24.0. The van der Waals surface area contributed by atoms with Gasteiger partial charge in [-0.3, -0.25) is 9.59 Å². The molecule has 6 rings (SSSR count). The van der Waals surface area contributed by atoms with Crippen LogP contribution < -0.4 is 16.4 Å². The molecule has 1 saturated carbocycles. The number of aromatic nitrogens is 1. The number of aryl methyl sites for hydroxylation is 1. The van der Waals surface area contributed by atoms with Crippen LogP contribution in [0.3, 0.4) is 0 Å². The normalized spacial score (nSPS) is 17.8. The van der Waals surface area contributed by atoms with E-state index in [0.29, 0.717) is 40.7 Å². The number of fused-ring (bicyclic) bond motifs is 5. The van der Waals surface area contributed by atoms with Crippen molar-refractivity contribution in [2.24, 2.45) is 0 Å². The molecule has 3 aromatic carbocycles. The number of nitrogens with two attached hydrogens (primary N) is 1. The Kier molecular flexibility index (Phi) is 7.25. The summed E-state index contributed by atoms with van der Waals surface area (Å²) in [5, 5.41) is 6.06. The van der Waals surface area contributed by atoms with Gasteiger partial charge in [-0.15, -0.1) is 0 Å². The Bertz CT molecular complexity index is 1900. The number of nitrogen functional groups attached to an aromatic ring is 1. The van der Waals surface area contributed by atoms with E-state index >= 15 is 0 Å². The fraction of sp³-hybridized carbons (Fsp3) is 0.258. The number of rotatable bonds is 4. The number of benzene rings is 3. The van der Waals surface area contributed by atoms with Crippen molar-refractivity contribution in [1.29, 1.82) is 0 Å². The minimum Gasteiger partial charge on any atom is -0.383 e. The lowest BCUT2D eigenvalue weighted by Gasteiger charge is -2.27. The van der Waals surface area contributed by atoms with Gasteiger partial charge in [-0.2, -0.15) is 0 Å². The molecule has 4 bridgehead atoms. The lowest BCUT2D eigenvalue weighted by Crippen LogP contribution is -2.35. The van der Waals surface area contributed by atoms with Crippen molar-refractivity contribution in [2.45, 2.75) is 48.4 Å². The van der Waals surface area contributed by atoms with Crippen molar-refractivity contribution < 1.29 is 26.8 Å². The molecule has 2 aliphatic rings. The Morgan fingerprint density at radius 3 is 2.51 bits per heavy atom. The molecule has 12 heteroatoms. The van der Waals surface area contributed by atoms with E-state index in [1.165, 1.54) is 41.3 Å². The molecule has 1 aliphatic heterocycles. The van der Waals surface area contributed by atoms with Gasteiger partial charge >= 0.3 is 0 Å². The Morgan fingerprint density at radius 1 is 0.953 bits per heavy atom. The van der Waals surface area contributed by atoms with Crippen LogP contribution in [0.2, 0.25) is 0 Å². The van der Waals surface area contributed by atoms with E-state index in [1.807, 2.05) is 0 Å². The quantitative estimate of drug-likeness (QED) is 0.306. The molecule has 1 fully saturated rings. The molecule has 4 N–H and O–H groups in total. The molecule has 2 amide bonds. The third kappa shape index (κ3) is 5.62. The summed E-state index contributed by atoms with van der Waals surface area (Å²) in [5.74, 6) is -1.75. The molecular weight excluding hydrogens is 576 g/mol. The summed E-state index contributed by atoms with van der Waals surface area (Å²) in [6, 6.07) is 12.5. The molecule has 4 aromatic rings. The summed E-state index contributed by atoms with van der Waals surface area (Å²) < 4.78 is 56.0. The van der Waals surface area contributed by atoms with E-state index in [4.69, 9.17) is 5.73 Å². The second kappa shape index (κ2) is 10.9. The second-order valence-electron chi connectivity index (χ2n) is 11.0. The predicted octanol–water partition coefficient (Wildman–Crippen LogP) is 4.73. The Balaban J connectivity index is 1.43. The van der Waals surface area contributed by atoms with Crippen molar-refractivity contribution in [1.82, 2.24) is 9.88 Å². The van der Waals surface area contributed by atoms with Crippen molar-refractivity contribution in [2.75, 3.05) is 23.4 Å². The molecule has 0 saturated heterocycles. The first-order chi connectivity index (χ1) is 20.5. The molecule has 222 valence electrons. The van der Waals surface area contributed by atoms with Gasteiger partial charge in [0.15, 0.2) is 9.84 Å². The van der Waals surface area contributed by atoms with Crippen LogP contribution in [0, 0.1) is 11.6 Å². The molecule has 43 heavy (non-hydrogen) atoms. The van der Waals surface area contributed by atoms with E-state index < -0.39 is 38.7 Å². The minimum atomic E-state index is -3.62. The van der Waals surface area contributed by atoms with Crippen molar-refractivity contribution in [3.05, 3.63) is 89.1 Å². The Hall–Kier alpha value is -4.58. The van der Waals surface area contributed by atoms with Gasteiger partial charge in [0, 0.05) is 42.2 Å². The van der Waals surface area contributed by atoms with Gasteiger partial charge in [0.25, 0.3) is 0 Å². The molecular formula is C31H29F2N5O4S. The van der Waals surface area contributed by atoms with E-state index in [2.05, 4.69) is 15.6 Å². The zero-order valence-electron chi connectivity index (χ0n) is 23.2. The van der Waals surface area contributed by atoms with Gasteiger partial charge in [-0.25, -0.2) is 22.2 Å². The maximum atomic E-state index is 14.8. The van der Waals surface area contributed by atoms with E-state index in [1.54, 1.807) is 25.2 Å². The average molecular weight is 606 g/mol. The van der Waals surface area contributed by atoms with Crippen LogP contribution >= 0.6 is 0 Å². The van der Waals surface area contributed by atoms with Crippen LogP contribution in [0.1, 0.15) is 42.0 Å². The molecule has 0 spiro atoms. The molecule has 0 unspecified atom stereocenters. The predicted molar refractivity (Wildman–Crippen MR) is 159 cm³/mol. The third-order valence-corrected chi connectivity index (χ3v) is 10.2. The van der Waals surface area contributed by atoms with E-state index in [-0.39, 0.29) is 47.0 Å². The fourth-order valence-electron chi connectivity index (χ4n) is 5.38. The van der Waals surface area contributed by atoms with Gasteiger partial charge in [0.1, 0.15) is 23.5 Å². The van der Waals surface area contributed by atoms with E-state index in [0.717, 1.165) is 6.20 Å². The molecule has 1 aliphatic carbocycles. The Morgan fingerprint density at radius 2 is 1.74 bits per heavy atom. The number of sulfone groups is 1. The first kappa shape index (κ1) is 28.5. The number of carbonyl (C=O) groups excluding carboxylic acids is 2. The molecule has 1 aromatic heterocycles. The summed E-state index contributed by atoms with van der Waals surface area (Å²) in [5.41, 5.74) is 7.72. The van der Waals surface area contributed by atoms with Gasteiger partial charge in [0.2, 0.25) is 11.8 Å². The number of amides is 2. The first-order valence-electron chi connectivity index (χ1n) is 13.8. The smallest absolute Gasteiger partial charge is 0.249 e. The van der Waals surface area contributed by atoms with Crippen molar-refractivity contribution in [3.63, 3.8) is 0 Å². The van der Waals surface area contributed by atoms with Crippen LogP contribution in [-0.2, 0) is 32.4 Å². The number of carbonyl (C=O) groups is 2. The summed E-state index contributed by atoms with van der Waals surface area (Å²) in [6.07, 6.45) is 2.19. The van der Waals surface area contributed by atoms with Crippen molar-refractivity contribution in [3.8, 4) is 0 Å². The largest absolute Gasteiger partial charge is 0.383 e. The lowest BCUT2D eigenvalue weighted by molar-refractivity contribution is -0.131. The van der Waals surface area contributed by atoms with Crippen LogP contribution in [0.15, 0.2) is 65.7 Å². The number of hydrogen-bond donors (Lipinski definition) is 3. The van der Waals surface area contributed by atoms with Crippen LogP contribution in [0.4, 0.5) is 26.0 Å². The highest BCUT2D eigenvalue weighted by atomic mass is 32.2. The topological polar surface area (TPSA) is 134 Å². The number of hydrogen-bond acceptors (Lipinski definition) is 7. The van der Waals surface area contributed by atoms with Crippen LogP contribution in [-0.4, -0.2) is 42.4 Å². The maximum Gasteiger partial charge on any atom is 0.249 e. The number of anilines is 3. The first-order valence-corrected chi connectivity index (χ1v) is 15.4. The summed E-state index contributed by atoms with van der Waals surface area (Å²) >= 11 is 0. The molecule has 1 atom stereocenters. The van der Waals surface area contributed by atoms with Crippen LogP contribution in [0.25, 0.3) is 10.8 Å². The number of nitrogens with zero attached hydrogens (tertiary/aromatic N) is 2. The maximum absolute atomic E-state index is 14.8. The molecule has 2 heterocycles. The molecule has 9 nitrogen and oxygen atoms in total. The summed E-state index contributed by atoms with van der Waals surface area (Å²) in [6.45, 7) is -0.0788. The highest BCUT2D eigenvalue weighted by Gasteiger charge is 2.38. The Labute approximate surface area is 247 Å². The summed E-state index contributed by atoms with van der Waals surface area (Å²) in [7, 11) is -2.08. The van der Waals surface area contributed by atoms with Crippen molar-refractivity contribution >= 4 is 49.6 Å². The van der Waals surface area contributed by atoms with Gasteiger partial charge in [0.05, 0.1) is 16.3 Å². The monoisotopic (exact) mass is 605 g/mol. The highest BCUT2D eigenvalue weighted by molar-refractivity contribution is 7.92. The number of nitrogens with one attached hydrogen (secondary N) is 2. The highest BCUT2D eigenvalue weighted by Crippen LogP contribution is 2.37. The van der Waals surface area contributed by atoms with E-state index in [9.17, 15) is 26.8 Å². The number of likely N-dealkylation sites (N-methyl/N-ethyl adjacent to an activating group) is 1. The van der Waals surface area contributed by atoms with Gasteiger partial charge < -0.3 is 21.3 Å². The third-order valence-electron chi connectivity index (χ3n) is 7.85. The molecule has 0 radical (unpaired) electrons. The SMILES string of the molecule is CN1Cc2cc(ccc2S(=O)(=O)C2CC2)NC(=O)CCc2cc(ccc2F)[C@@H](Nc2ccc3c(N)ncc(F)c3c2)C1=O. The van der Waals surface area contributed by atoms with Gasteiger partial charge in [-0.1, -0.05) is 12.1 Å². The number of halogens is 2. The average Bonchev–Trinajstić information content (AvgIpc) is 3.83. The lowest BCUT2D eigenvalue weighted by atomic mass is 9.98. The number of pyridine rings is 1.